The van der Waals surface area contributed by atoms with Crippen molar-refractivity contribution in [1.82, 2.24) is 15.0 Å². The molecule has 4 heteroatoms. The van der Waals surface area contributed by atoms with Gasteiger partial charge in [-0.2, -0.15) is 0 Å². The first-order valence-electron chi connectivity index (χ1n) is 6.76. The molecule has 0 radical (unpaired) electrons. The Bertz CT molecular complexity index is 774. The van der Waals surface area contributed by atoms with E-state index in [1.165, 1.54) is 12.5 Å². The maximum Gasteiger partial charge on any atom is 0.182 e. The number of hydrogen-bond donors (Lipinski definition) is 0. The lowest BCUT2D eigenvalue weighted by Crippen LogP contribution is -2.01. The fourth-order valence-electron chi connectivity index (χ4n) is 2.24. The van der Waals surface area contributed by atoms with Crippen LogP contribution < -0.4 is 0 Å². The molecule has 0 fully saturated rings. The van der Waals surface area contributed by atoms with E-state index in [0.717, 1.165) is 16.9 Å². The Morgan fingerprint density at radius 3 is 2.29 bits per heavy atom. The summed E-state index contributed by atoms with van der Waals surface area (Å²) in [5.74, 6) is -0.0905. The molecular formula is C17H15N3O. The third-order valence-electron chi connectivity index (χ3n) is 3.33. The minimum absolute atomic E-state index is 0.0905. The number of benzene rings is 2. The van der Waals surface area contributed by atoms with Crippen molar-refractivity contribution in [3.8, 4) is 16.9 Å². The maximum atomic E-state index is 11.8. The Morgan fingerprint density at radius 2 is 1.67 bits per heavy atom. The van der Waals surface area contributed by atoms with Crippen LogP contribution >= 0.6 is 0 Å². The Morgan fingerprint density at radius 1 is 1.00 bits per heavy atom. The molecule has 4 nitrogen and oxygen atoms in total. The van der Waals surface area contributed by atoms with Crippen LogP contribution in [0.4, 0.5) is 0 Å². The molecule has 1 aromatic heterocycles. The van der Waals surface area contributed by atoms with Gasteiger partial charge >= 0.3 is 0 Å². The Kier molecular flexibility index (Phi) is 3.36. The van der Waals surface area contributed by atoms with Crippen LogP contribution in [0, 0.1) is 6.92 Å². The SMILES string of the molecule is CC(=O)c1nnn(-c2ccc(C)cc2)c1-c1ccccc1. The average molecular weight is 277 g/mol. The Balaban J connectivity index is 2.22. The maximum absolute atomic E-state index is 11.8. The zero-order valence-corrected chi connectivity index (χ0v) is 11.9. The lowest BCUT2D eigenvalue weighted by atomic mass is 10.1. The number of rotatable bonds is 3. The predicted octanol–water partition coefficient (Wildman–Crippen LogP) is 3.45. The molecule has 3 rings (SSSR count). The number of carbonyl (C=O) groups excluding carboxylic acids is 1. The van der Waals surface area contributed by atoms with E-state index in [0.29, 0.717) is 5.69 Å². The minimum atomic E-state index is -0.0905. The Hall–Kier alpha value is -2.75. The number of aryl methyl sites for hydroxylation is 1. The van der Waals surface area contributed by atoms with Crippen LogP contribution in [0.5, 0.6) is 0 Å². The van der Waals surface area contributed by atoms with Crippen molar-refractivity contribution in [2.24, 2.45) is 0 Å². The molecule has 104 valence electrons. The van der Waals surface area contributed by atoms with Crippen molar-refractivity contribution >= 4 is 5.78 Å². The van der Waals surface area contributed by atoms with Gasteiger partial charge in [0.1, 0.15) is 5.69 Å². The normalized spacial score (nSPS) is 10.6. The predicted molar refractivity (Wildman–Crippen MR) is 81.5 cm³/mol. The molecular weight excluding hydrogens is 262 g/mol. The van der Waals surface area contributed by atoms with Crippen LogP contribution in [-0.2, 0) is 0 Å². The number of Topliss-reactive ketones (excluding diaryl/α,β-unsaturated/α-hetero) is 1. The van der Waals surface area contributed by atoms with Gasteiger partial charge in [0, 0.05) is 12.5 Å². The zero-order valence-electron chi connectivity index (χ0n) is 11.9. The molecule has 0 saturated heterocycles. The third-order valence-corrected chi connectivity index (χ3v) is 3.33. The second kappa shape index (κ2) is 5.32. The standard InChI is InChI=1S/C17H15N3O/c1-12-8-10-15(11-9-12)20-17(14-6-4-3-5-7-14)16(13(2)21)18-19-20/h3-11H,1-2H3. The second-order valence-corrected chi connectivity index (χ2v) is 4.96. The molecule has 21 heavy (non-hydrogen) atoms. The van der Waals surface area contributed by atoms with Gasteiger partial charge in [0.25, 0.3) is 0 Å². The quantitative estimate of drug-likeness (QED) is 0.689. The fraction of sp³-hybridized carbons (Fsp3) is 0.118. The topological polar surface area (TPSA) is 47.8 Å². The highest BCUT2D eigenvalue weighted by Gasteiger charge is 2.19. The minimum Gasteiger partial charge on any atom is -0.293 e. The first kappa shape index (κ1) is 13.2. The van der Waals surface area contributed by atoms with Crippen molar-refractivity contribution in [3.05, 3.63) is 65.9 Å². The lowest BCUT2D eigenvalue weighted by molar-refractivity contribution is 0.101. The van der Waals surface area contributed by atoms with E-state index in [9.17, 15) is 4.79 Å². The molecule has 0 aliphatic rings. The highest BCUT2D eigenvalue weighted by molar-refractivity contribution is 5.98. The lowest BCUT2D eigenvalue weighted by Gasteiger charge is -2.07. The fourth-order valence-corrected chi connectivity index (χ4v) is 2.24. The summed E-state index contributed by atoms with van der Waals surface area (Å²) in [7, 11) is 0. The van der Waals surface area contributed by atoms with Gasteiger partial charge < -0.3 is 0 Å². The highest BCUT2D eigenvalue weighted by atomic mass is 16.1. The third kappa shape index (κ3) is 2.48. The van der Waals surface area contributed by atoms with E-state index < -0.39 is 0 Å². The molecule has 1 heterocycles. The molecule has 0 aliphatic heterocycles. The van der Waals surface area contributed by atoms with Gasteiger partial charge in [0.05, 0.1) is 5.69 Å². The molecule has 0 saturated carbocycles. The Labute approximate surface area is 123 Å². The zero-order chi connectivity index (χ0) is 14.8. The van der Waals surface area contributed by atoms with Crippen molar-refractivity contribution in [1.29, 1.82) is 0 Å². The highest BCUT2D eigenvalue weighted by Crippen LogP contribution is 2.25. The molecule has 0 unspecified atom stereocenters. The summed E-state index contributed by atoms with van der Waals surface area (Å²) in [4.78, 5) is 11.8. The van der Waals surface area contributed by atoms with Gasteiger partial charge in [-0.05, 0) is 19.1 Å². The molecule has 0 atom stereocenters. The van der Waals surface area contributed by atoms with E-state index in [4.69, 9.17) is 0 Å². The van der Waals surface area contributed by atoms with Gasteiger partial charge in [0.2, 0.25) is 0 Å². The number of carbonyl (C=O) groups is 1. The first-order valence-corrected chi connectivity index (χ1v) is 6.76. The van der Waals surface area contributed by atoms with E-state index in [-0.39, 0.29) is 5.78 Å². The summed E-state index contributed by atoms with van der Waals surface area (Å²) in [5.41, 5.74) is 4.10. The number of ketones is 1. The van der Waals surface area contributed by atoms with Gasteiger partial charge in [-0.15, -0.1) is 5.10 Å². The summed E-state index contributed by atoms with van der Waals surface area (Å²) in [6.45, 7) is 3.54. The van der Waals surface area contributed by atoms with Crippen LogP contribution in [-0.4, -0.2) is 20.8 Å². The van der Waals surface area contributed by atoms with Crippen LogP contribution in [0.15, 0.2) is 54.6 Å². The van der Waals surface area contributed by atoms with Crippen molar-refractivity contribution in [2.45, 2.75) is 13.8 Å². The monoisotopic (exact) mass is 277 g/mol. The van der Waals surface area contributed by atoms with Crippen molar-refractivity contribution < 1.29 is 4.79 Å². The van der Waals surface area contributed by atoms with Crippen LogP contribution in [0.2, 0.25) is 0 Å². The van der Waals surface area contributed by atoms with Gasteiger partial charge in [-0.3, -0.25) is 4.79 Å². The summed E-state index contributed by atoms with van der Waals surface area (Å²) in [6, 6.07) is 17.7. The molecule has 2 aromatic carbocycles. The van der Waals surface area contributed by atoms with Gasteiger partial charge in [-0.25, -0.2) is 4.68 Å². The van der Waals surface area contributed by atoms with Crippen LogP contribution in [0.1, 0.15) is 23.0 Å². The molecule has 0 aliphatic carbocycles. The van der Waals surface area contributed by atoms with E-state index in [1.807, 2.05) is 61.5 Å². The van der Waals surface area contributed by atoms with E-state index in [1.54, 1.807) is 4.68 Å². The molecule has 0 amide bonds. The van der Waals surface area contributed by atoms with Crippen molar-refractivity contribution in [2.75, 3.05) is 0 Å². The van der Waals surface area contributed by atoms with Crippen LogP contribution in [0.3, 0.4) is 0 Å². The van der Waals surface area contributed by atoms with Crippen LogP contribution in [0.25, 0.3) is 16.9 Å². The summed E-state index contributed by atoms with van der Waals surface area (Å²) < 4.78 is 1.71. The molecule has 3 aromatic rings. The van der Waals surface area contributed by atoms with Gasteiger partial charge in [-0.1, -0.05) is 53.2 Å². The number of nitrogens with zero attached hydrogens (tertiary/aromatic N) is 3. The number of hydrogen-bond acceptors (Lipinski definition) is 3. The summed E-state index contributed by atoms with van der Waals surface area (Å²) in [5, 5.41) is 8.21. The van der Waals surface area contributed by atoms with Crippen molar-refractivity contribution in [3.63, 3.8) is 0 Å². The average Bonchev–Trinajstić information content (AvgIpc) is 2.94. The number of aromatic nitrogens is 3. The summed E-state index contributed by atoms with van der Waals surface area (Å²) in [6.07, 6.45) is 0. The first-order chi connectivity index (χ1) is 10.2. The summed E-state index contributed by atoms with van der Waals surface area (Å²) >= 11 is 0. The van der Waals surface area contributed by atoms with E-state index >= 15 is 0 Å². The smallest absolute Gasteiger partial charge is 0.182 e. The molecule has 0 bridgehead atoms. The van der Waals surface area contributed by atoms with E-state index in [2.05, 4.69) is 10.3 Å². The molecule has 0 spiro atoms. The molecule has 0 N–H and O–H groups in total. The largest absolute Gasteiger partial charge is 0.293 e. The second-order valence-electron chi connectivity index (χ2n) is 4.96. The van der Waals surface area contributed by atoms with Gasteiger partial charge in [0.15, 0.2) is 11.5 Å².